The highest BCUT2D eigenvalue weighted by molar-refractivity contribution is 5.90. The molecule has 0 saturated heterocycles. The van der Waals surface area contributed by atoms with Crippen LogP contribution in [0.25, 0.3) is 0 Å². The van der Waals surface area contributed by atoms with Gasteiger partial charge in [-0.05, 0) is 47.9 Å². The van der Waals surface area contributed by atoms with Gasteiger partial charge in [0.15, 0.2) is 0 Å². The monoisotopic (exact) mass is 732 g/mol. The summed E-state index contributed by atoms with van der Waals surface area (Å²) >= 11 is 0. The lowest BCUT2D eigenvalue weighted by Gasteiger charge is -2.21. The minimum atomic E-state index is -0.766. The van der Waals surface area contributed by atoms with Crippen molar-refractivity contribution in [1.82, 2.24) is 21.3 Å². The molecule has 4 aromatic carbocycles. The van der Waals surface area contributed by atoms with Crippen molar-refractivity contribution in [2.24, 2.45) is 11.5 Å². The Labute approximate surface area is 319 Å². The number of nitrogens with two attached hydrogens (primary N) is 2. The molecule has 4 rings (SSSR count). The maximum atomic E-state index is 13.2. The number of hydrogen-bond acceptors (Lipinski definition) is 6. The first kappa shape index (κ1) is 41.4. The van der Waals surface area contributed by atoms with Gasteiger partial charge < -0.3 is 32.7 Å². The van der Waals surface area contributed by atoms with Crippen LogP contribution in [0.1, 0.15) is 60.8 Å². The third kappa shape index (κ3) is 15.3. The summed E-state index contributed by atoms with van der Waals surface area (Å²) in [6, 6.07) is 35.4. The third-order valence-corrected chi connectivity index (χ3v) is 9.30. The molecule has 54 heavy (non-hydrogen) atoms. The zero-order valence-electron chi connectivity index (χ0n) is 31.1. The molecule has 4 atom stereocenters. The van der Waals surface area contributed by atoms with E-state index in [0.717, 1.165) is 60.8 Å². The topological polar surface area (TPSA) is 168 Å². The SMILES string of the molecule is N[C@@H](Cc1ccccc1)C(=O)N[C@@H](Cc1ccccc1)C(=O)NCCCCCCCCNC(=O)[C@H](Cc1ccccc1)NC(=O)[C@@H](N)Cc1ccccc1. The number of unbranched alkanes of at least 4 members (excludes halogenated alkanes) is 5. The maximum Gasteiger partial charge on any atom is 0.242 e. The Balaban J connectivity index is 1.13. The van der Waals surface area contributed by atoms with Crippen molar-refractivity contribution in [2.45, 2.75) is 88.4 Å². The van der Waals surface area contributed by atoms with E-state index in [4.69, 9.17) is 11.5 Å². The molecule has 0 aliphatic heterocycles. The van der Waals surface area contributed by atoms with Gasteiger partial charge >= 0.3 is 0 Å². The third-order valence-electron chi connectivity index (χ3n) is 9.30. The molecule has 0 fully saturated rings. The molecule has 10 heteroatoms. The first-order valence-electron chi connectivity index (χ1n) is 19.1. The van der Waals surface area contributed by atoms with E-state index in [1.807, 2.05) is 121 Å². The van der Waals surface area contributed by atoms with Crippen LogP contribution >= 0.6 is 0 Å². The second-order valence-electron chi connectivity index (χ2n) is 13.8. The normalized spacial score (nSPS) is 13.1. The number of amides is 4. The van der Waals surface area contributed by atoms with Gasteiger partial charge in [-0.3, -0.25) is 19.2 Å². The minimum absolute atomic E-state index is 0.227. The van der Waals surface area contributed by atoms with Crippen molar-refractivity contribution in [3.63, 3.8) is 0 Å². The smallest absolute Gasteiger partial charge is 0.242 e. The first-order chi connectivity index (χ1) is 26.3. The Morgan fingerprint density at radius 1 is 0.389 bits per heavy atom. The predicted octanol–water partition coefficient (Wildman–Crippen LogP) is 4.15. The van der Waals surface area contributed by atoms with E-state index in [2.05, 4.69) is 21.3 Å². The average molecular weight is 733 g/mol. The molecule has 10 nitrogen and oxygen atoms in total. The molecule has 0 saturated carbocycles. The molecular formula is C44H56N6O4. The highest BCUT2D eigenvalue weighted by Gasteiger charge is 2.25. The van der Waals surface area contributed by atoms with E-state index < -0.39 is 24.2 Å². The standard InChI is InChI=1S/C44H56N6O4/c45-37(29-33-19-9-5-10-20-33)41(51)49-39(31-35-23-13-7-14-24-35)43(53)47-27-17-3-1-2-4-18-28-48-44(54)40(32-36-25-15-8-16-26-36)50-42(52)38(46)30-34-21-11-6-12-22-34/h5-16,19-26,37-40H,1-4,17-18,27-32,45-46H2,(H,47,53)(H,48,54)(H,49,51)(H,50,52)/t37-,38-,39-,40-/m0/s1. The average Bonchev–Trinajstić information content (AvgIpc) is 3.19. The lowest BCUT2D eigenvalue weighted by atomic mass is 10.0. The van der Waals surface area contributed by atoms with Gasteiger partial charge in [0.25, 0.3) is 0 Å². The summed E-state index contributed by atoms with van der Waals surface area (Å²) in [6.45, 7) is 1.02. The molecule has 4 amide bonds. The summed E-state index contributed by atoms with van der Waals surface area (Å²) in [5, 5.41) is 11.8. The van der Waals surface area contributed by atoms with Crippen molar-refractivity contribution >= 4 is 23.6 Å². The van der Waals surface area contributed by atoms with E-state index in [1.54, 1.807) is 0 Å². The van der Waals surface area contributed by atoms with Crippen LogP contribution in [0.15, 0.2) is 121 Å². The van der Waals surface area contributed by atoms with Gasteiger partial charge in [-0.2, -0.15) is 0 Å². The van der Waals surface area contributed by atoms with Gasteiger partial charge in [-0.15, -0.1) is 0 Å². The van der Waals surface area contributed by atoms with Crippen molar-refractivity contribution < 1.29 is 19.2 Å². The van der Waals surface area contributed by atoms with Crippen LogP contribution in [0.2, 0.25) is 0 Å². The van der Waals surface area contributed by atoms with E-state index in [-0.39, 0.29) is 23.6 Å². The second kappa shape index (κ2) is 23.4. The van der Waals surface area contributed by atoms with Crippen LogP contribution in [-0.2, 0) is 44.9 Å². The number of carbonyl (C=O) groups is 4. The summed E-state index contributed by atoms with van der Waals surface area (Å²) < 4.78 is 0. The molecule has 8 N–H and O–H groups in total. The Morgan fingerprint density at radius 3 is 0.981 bits per heavy atom. The van der Waals surface area contributed by atoms with Crippen LogP contribution in [0, 0.1) is 0 Å². The first-order valence-corrected chi connectivity index (χ1v) is 19.1. The van der Waals surface area contributed by atoms with Crippen LogP contribution in [-0.4, -0.2) is 60.9 Å². The van der Waals surface area contributed by atoms with Crippen LogP contribution in [0.4, 0.5) is 0 Å². The van der Waals surface area contributed by atoms with Crippen LogP contribution in [0.3, 0.4) is 0 Å². The Hall–Kier alpha value is -5.32. The number of rotatable bonds is 23. The second-order valence-corrected chi connectivity index (χ2v) is 13.8. The summed E-state index contributed by atoms with van der Waals surface area (Å²) in [6.07, 6.45) is 7.01. The lowest BCUT2D eigenvalue weighted by molar-refractivity contribution is -0.129. The zero-order chi connectivity index (χ0) is 38.4. The molecule has 286 valence electrons. The predicted molar refractivity (Wildman–Crippen MR) is 214 cm³/mol. The Kier molecular flexibility index (Phi) is 17.9. The summed E-state index contributed by atoms with van der Waals surface area (Å²) in [5.41, 5.74) is 16.2. The van der Waals surface area contributed by atoms with Crippen LogP contribution in [0.5, 0.6) is 0 Å². The molecule has 0 heterocycles. The molecular weight excluding hydrogens is 677 g/mol. The molecule has 0 aliphatic rings. The van der Waals surface area contributed by atoms with Gasteiger partial charge in [0.1, 0.15) is 12.1 Å². The molecule has 0 aliphatic carbocycles. The van der Waals surface area contributed by atoms with Gasteiger partial charge in [0.2, 0.25) is 23.6 Å². The van der Waals surface area contributed by atoms with Gasteiger partial charge in [-0.1, -0.05) is 147 Å². The fraction of sp³-hybridized carbons (Fsp3) is 0.364. The maximum absolute atomic E-state index is 13.2. The molecule has 0 radical (unpaired) electrons. The molecule has 0 bridgehead atoms. The van der Waals surface area contributed by atoms with E-state index in [9.17, 15) is 19.2 Å². The highest BCUT2D eigenvalue weighted by atomic mass is 16.2. The fourth-order valence-electron chi connectivity index (χ4n) is 6.22. The Morgan fingerprint density at radius 2 is 0.667 bits per heavy atom. The molecule has 0 aromatic heterocycles. The molecule has 4 aromatic rings. The van der Waals surface area contributed by atoms with Crippen molar-refractivity contribution in [1.29, 1.82) is 0 Å². The van der Waals surface area contributed by atoms with Gasteiger partial charge in [0.05, 0.1) is 12.1 Å². The van der Waals surface area contributed by atoms with Gasteiger partial charge in [-0.25, -0.2) is 0 Å². The minimum Gasteiger partial charge on any atom is -0.354 e. The van der Waals surface area contributed by atoms with Crippen LogP contribution < -0.4 is 32.7 Å². The van der Waals surface area contributed by atoms with E-state index in [0.29, 0.717) is 38.8 Å². The van der Waals surface area contributed by atoms with Crippen molar-refractivity contribution in [3.8, 4) is 0 Å². The largest absolute Gasteiger partial charge is 0.354 e. The zero-order valence-corrected chi connectivity index (χ0v) is 31.1. The molecule has 0 unspecified atom stereocenters. The summed E-state index contributed by atoms with van der Waals surface area (Å²) in [7, 11) is 0. The van der Waals surface area contributed by atoms with E-state index >= 15 is 0 Å². The van der Waals surface area contributed by atoms with Gasteiger partial charge in [0, 0.05) is 25.9 Å². The highest BCUT2D eigenvalue weighted by Crippen LogP contribution is 2.09. The summed E-state index contributed by atoms with van der Waals surface area (Å²) in [4.78, 5) is 52.4. The van der Waals surface area contributed by atoms with Crippen molar-refractivity contribution in [3.05, 3.63) is 144 Å². The van der Waals surface area contributed by atoms with Crippen molar-refractivity contribution in [2.75, 3.05) is 13.1 Å². The fourth-order valence-corrected chi connectivity index (χ4v) is 6.22. The molecule has 0 spiro atoms. The number of nitrogens with one attached hydrogen (secondary N) is 4. The quantitative estimate of drug-likeness (QED) is 0.0627. The van der Waals surface area contributed by atoms with E-state index in [1.165, 1.54) is 0 Å². The number of hydrogen-bond donors (Lipinski definition) is 6. The Bertz CT molecular complexity index is 1560. The lowest BCUT2D eigenvalue weighted by Crippen LogP contribution is -2.53. The number of carbonyl (C=O) groups excluding carboxylic acids is 4. The number of benzene rings is 4. The summed E-state index contributed by atoms with van der Waals surface area (Å²) in [5.74, 6) is -1.17.